The lowest BCUT2D eigenvalue weighted by Gasteiger charge is -2.04. The summed E-state index contributed by atoms with van der Waals surface area (Å²) >= 11 is 3.15. The maximum absolute atomic E-state index is 12.3. The first-order valence-corrected chi connectivity index (χ1v) is 9.69. The zero-order valence-corrected chi connectivity index (χ0v) is 15.4. The number of rotatable bonds is 7. The number of thiophene rings is 1. The van der Waals surface area contributed by atoms with E-state index in [-0.39, 0.29) is 5.78 Å². The normalized spacial score (nSPS) is 10.9. The highest BCUT2D eigenvalue weighted by Crippen LogP contribution is 2.20. The summed E-state index contributed by atoms with van der Waals surface area (Å²) in [6, 6.07) is 12.0. The Bertz CT molecular complexity index is 807. The van der Waals surface area contributed by atoms with Gasteiger partial charge in [0.2, 0.25) is 0 Å². The third-order valence-corrected chi connectivity index (χ3v) is 5.75. The molecule has 0 N–H and O–H groups in total. The van der Waals surface area contributed by atoms with E-state index in [2.05, 4.69) is 28.6 Å². The Morgan fingerprint density at radius 2 is 2.00 bits per heavy atom. The molecule has 3 rings (SSSR count). The molecule has 0 saturated heterocycles. The highest BCUT2D eigenvalue weighted by molar-refractivity contribution is 7.99. The molecule has 0 aliphatic rings. The molecule has 0 amide bonds. The van der Waals surface area contributed by atoms with Gasteiger partial charge in [0.25, 0.3) is 0 Å². The van der Waals surface area contributed by atoms with E-state index in [4.69, 9.17) is 0 Å². The number of nitrogens with zero attached hydrogens (tertiary/aromatic N) is 3. The lowest BCUT2D eigenvalue weighted by atomic mass is 10.1. The van der Waals surface area contributed by atoms with Crippen molar-refractivity contribution in [2.75, 3.05) is 5.75 Å². The molecule has 0 bridgehead atoms. The van der Waals surface area contributed by atoms with Crippen LogP contribution >= 0.6 is 23.1 Å². The number of ketones is 1. The van der Waals surface area contributed by atoms with Crippen molar-refractivity contribution in [1.29, 1.82) is 0 Å². The Kier molecular flexibility index (Phi) is 5.48. The molecule has 0 fully saturated rings. The Morgan fingerprint density at radius 1 is 1.21 bits per heavy atom. The number of aromatic nitrogens is 3. The zero-order valence-electron chi connectivity index (χ0n) is 13.7. The molecule has 0 aliphatic carbocycles. The fraction of sp³-hybridized carbons (Fsp3) is 0.278. The minimum atomic E-state index is 0.116. The van der Waals surface area contributed by atoms with Gasteiger partial charge in [-0.15, -0.1) is 21.5 Å². The van der Waals surface area contributed by atoms with E-state index in [1.165, 1.54) is 22.2 Å². The Labute approximate surface area is 149 Å². The summed E-state index contributed by atoms with van der Waals surface area (Å²) in [4.78, 5) is 13.6. The predicted molar refractivity (Wildman–Crippen MR) is 99.0 cm³/mol. The van der Waals surface area contributed by atoms with Gasteiger partial charge < -0.3 is 4.57 Å². The van der Waals surface area contributed by atoms with E-state index in [1.54, 1.807) is 11.3 Å². The fourth-order valence-electron chi connectivity index (χ4n) is 2.33. The Hall–Kier alpha value is -1.92. The van der Waals surface area contributed by atoms with Crippen molar-refractivity contribution >= 4 is 28.9 Å². The quantitative estimate of drug-likeness (QED) is 0.474. The molecule has 2 aromatic heterocycles. The van der Waals surface area contributed by atoms with Crippen LogP contribution in [0.5, 0.6) is 0 Å². The minimum absolute atomic E-state index is 0.116. The Morgan fingerprint density at radius 3 is 2.67 bits per heavy atom. The van der Waals surface area contributed by atoms with Crippen LogP contribution in [0.1, 0.15) is 33.5 Å². The first kappa shape index (κ1) is 16.9. The van der Waals surface area contributed by atoms with Crippen molar-refractivity contribution in [3.63, 3.8) is 0 Å². The lowest BCUT2D eigenvalue weighted by molar-refractivity contribution is 0.102. The number of thioether (sulfide) groups is 1. The summed E-state index contributed by atoms with van der Waals surface area (Å²) in [5, 5.41) is 11.3. The van der Waals surface area contributed by atoms with E-state index in [0.29, 0.717) is 5.75 Å². The SMILES string of the molecule is CCc1ccc(C(=O)CSc2nnc(Cc3cccs3)n2C)cc1. The maximum Gasteiger partial charge on any atom is 0.191 e. The van der Waals surface area contributed by atoms with Crippen molar-refractivity contribution in [1.82, 2.24) is 14.8 Å². The number of aryl methyl sites for hydroxylation is 1. The minimum Gasteiger partial charge on any atom is -0.309 e. The van der Waals surface area contributed by atoms with Crippen LogP contribution < -0.4 is 0 Å². The molecule has 3 aromatic rings. The van der Waals surface area contributed by atoms with Gasteiger partial charge in [-0.25, -0.2) is 0 Å². The maximum atomic E-state index is 12.3. The van der Waals surface area contributed by atoms with Gasteiger partial charge in [0.05, 0.1) is 5.75 Å². The second-order valence-corrected chi connectivity index (χ2v) is 7.45. The molecule has 2 heterocycles. The van der Waals surface area contributed by atoms with Gasteiger partial charge >= 0.3 is 0 Å². The molecule has 1 aromatic carbocycles. The first-order valence-electron chi connectivity index (χ1n) is 7.83. The standard InChI is InChI=1S/C18H19N3OS2/c1-3-13-6-8-14(9-7-13)16(22)12-24-18-20-19-17(21(18)2)11-15-5-4-10-23-15/h4-10H,3,11-12H2,1-2H3. The van der Waals surface area contributed by atoms with Crippen LogP contribution in [-0.4, -0.2) is 26.3 Å². The summed E-state index contributed by atoms with van der Waals surface area (Å²) in [5.74, 6) is 1.40. The molecule has 0 aliphatic heterocycles. The van der Waals surface area contributed by atoms with Gasteiger partial charge in [0, 0.05) is 23.9 Å². The van der Waals surface area contributed by atoms with Gasteiger partial charge in [0.15, 0.2) is 10.9 Å². The first-order chi connectivity index (χ1) is 11.7. The van der Waals surface area contributed by atoms with Crippen molar-refractivity contribution in [2.45, 2.75) is 24.9 Å². The molecule has 0 saturated carbocycles. The van der Waals surface area contributed by atoms with Crippen molar-refractivity contribution in [2.24, 2.45) is 7.05 Å². The van der Waals surface area contributed by atoms with E-state index in [1.807, 2.05) is 41.9 Å². The number of carbonyl (C=O) groups is 1. The molecular formula is C18H19N3OS2. The van der Waals surface area contributed by atoms with E-state index in [9.17, 15) is 4.79 Å². The summed E-state index contributed by atoms with van der Waals surface area (Å²) < 4.78 is 1.97. The lowest BCUT2D eigenvalue weighted by Crippen LogP contribution is -2.04. The van der Waals surface area contributed by atoms with Crippen molar-refractivity contribution < 1.29 is 4.79 Å². The zero-order chi connectivity index (χ0) is 16.9. The van der Waals surface area contributed by atoms with Gasteiger partial charge in [-0.3, -0.25) is 4.79 Å². The summed E-state index contributed by atoms with van der Waals surface area (Å²) in [7, 11) is 1.95. The molecular weight excluding hydrogens is 338 g/mol. The number of carbonyl (C=O) groups excluding carboxylic acids is 1. The van der Waals surface area contributed by atoms with Gasteiger partial charge in [-0.1, -0.05) is 49.0 Å². The third kappa shape index (κ3) is 3.94. The van der Waals surface area contributed by atoms with Crippen LogP contribution in [0.2, 0.25) is 0 Å². The molecule has 0 atom stereocenters. The van der Waals surface area contributed by atoms with Crippen LogP contribution in [0.4, 0.5) is 0 Å². The highest BCUT2D eigenvalue weighted by atomic mass is 32.2. The molecule has 0 spiro atoms. The number of Topliss-reactive ketones (excluding diaryl/α,β-unsaturated/α-hetero) is 1. The fourth-order valence-corrected chi connectivity index (χ4v) is 3.86. The summed E-state index contributed by atoms with van der Waals surface area (Å²) in [6.07, 6.45) is 1.75. The van der Waals surface area contributed by atoms with Crippen LogP contribution in [0.3, 0.4) is 0 Å². The third-order valence-electron chi connectivity index (χ3n) is 3.85. The largest absolute Gasteiger partial charge is 0.309 e. The second kappa shape index (κ2) is 7.77. The molecule has 0 radical (unpaired) electrons. The van der Waals surface area contributed by atoms with Crippen molar-refractivity contribution in [3.8, 4) is 0 Å². The number of benzene rings is 1. The van der Waals surface area contributed by atoms with Crippen LogP contribution in [0.15, 0.2) is 46.9 Å². The molecule has 6 heteroatoms. The summed E-state index contributed by atoms with van der Waals surface area (Å²) in [6.45, 7) is 2.11. The van der Waals surface area contributed by atoms with E-state index in [0.717, 1.165) is 29.4 Å². The van der Waals surface area contributed by atoms with E-state index >= 15 is 0 Å². The van der Waals surface area contributed by atoms with Gasteiger partial charge in [-0.05, 0) is 23.4 Å². The van der Waals surface area contributed by atoms with Gasteiger partial charge in [-0.2, -0.15) is 0 Å². The molecule has 4 nitrogen and oxygen atoms in total. The van der Waals surface area contributed by atoms with Crippen LogP contribution in [-0.2, 0) is 19.9 Å². The Balaban J connectivity index is 1.61. The average Bonchev–Trinajstić information content (AvgIpc) is 3.24. The van der Waals surface area contributed by atoms with Crippen LogP contribution in [0, 0.1) is 0 Å². The summed E-state index contributed by atoms with van der Waals surface area (Å²) in [5.41, 5.74) is 1.99. The molecule has 24 heavy (non-hydrogen) atoms. The topological polar surface area (TPSA) is 47.8 Å². The molecule has 0 unspecified atom stereocenters. The smallest absolute Gasteiger partial charge is 0.191 e. The average molecular weight is 358 g/mol. The monoisotopic (exact) mass is 357 g/mol. The number of hydrogen-bond donors (Lipinski definition) is 0. The number of hydrogen-bond acceptors (Lipinski definition) is 5. The highest BCUT2D eigenvalue weighted by Gasteiger charge is 2.13. The van der Waals surface area contributed by atoms with Gasteiger partial charge in [0.1, 0.15) is 5.82 Å². The second-order valence-electron chi connectivity index (χ2n) is 5.48. The van der Waals surface area contributed by atoms with Crippen molar-refractivity contribution in [3.05, 3.63) is 63.6 Å². The van der Waals surface area contributed by atoms with E-state index < -0.39 is 0 Å². The predicted octanol–water partition coefficient (Wildman–Crippen LogP) is 4.00. The molecule has 124 valence electrons. The van der Waals surface area contributed by atoms with Crippen LogP contribution in [0.25, 0.3) is 0 Å².